The lowest BCUT2D eigenvalue weighted by atomic mass is 9.88. The summed E-state index contributed by atoms with van der Waals surface area (Å²) in [5.41, 5.74) is 1.04. The first-order valence-corrected chi connectivity index (χ1v) is 12.9. The average molecular weight is 572 g/mol. The molecule has 0 bridgehead atoms. The molecule has 1 saturated carbocycles. The molecule has 1 aliphatic carbocycles. The molecule has 196 valence electrons. The van der Waals surface area contributed by atoms with Crippen LogP contribution in [-0.2, 0) is 9.53 Å². The van der Waals surface area contributed by atoms with E-state index in [4.69, 9.17) is 23.9 Å². The van der Waals surface area contributed by atoms with Gasteiger partial charge in [0.1, 0.15) is 5.82 Å². The summed E-state index contributed by atoms with van der Waals surface area (Å²) in [6.07, 6.45) is 6.02. The standard InChI is InChI=1S/C27H30BrN3O6/c1-16(27(33)36-4)37-24-22(34-2)12-17(13-23(24)35-3)15-29-31-25(18-8-6-5-7-9-18)30-21-11-10-19(28)14-20(21)26(31)32/h10-16,18H,5-9H2,1-4H3/t16-/m1/s1. The molecule has 10 heteroatoms. The van der Waals surface area contributed by atoms with Gasteiger partial charge < -0.3 is 18.9 Å². The third-order valence-electron chi connectivity index (χ3n) is 6.44. The highest BCUT2D eigenvalue weighted by atomic mass is 79.9. The number of esters is 1. The Kier molecular flexibility index (Phi) is 8.48. The minimum Gasteiger partial charge on any atom is -0.493 e. The molecule has 0 spiro atoms. The summed E-state index contributed by atoms with van der Waals surface area (Å²) in [5, 5.41) is 5.08. The molecule has 2 aromatic carbocycles. The Morgan fingerprint density at radius 3 is 2.41 bits per heavy atom. The van der Waals surface area contributed by atoms with Crippen LogP contribution in [0.4, 0.5) is 0 Å². The summed E-state index contributed by atoms with van der Waals surface area (Å²) in [6.45, 7) is 1.57. The fraction of sp³-hybridized carbons (Fsp3) is 0.407. The molecule has 1 fully saturated rings. The van der Waals surface area contributed by atoms with Gasteiger partial charge in [-0.2, -0.15) is 9.78 Å². The van der Waals surface area contributed by atoms with E-state index in [1.165, 1.54) is 32.4 Å². The number of nitrogens with zero attached hydrogens (tertiary/aromatic N) is 3. The van der Waals surface area contributed by atoms with Crippen molar-refractivity contribution in [2.45, 2.75) is 51.0 Å². The number of fused-ring (bicyclic) bond motifs is 1. The molecule has 3 aromatic rings. The molecule has 0 saturated heterocycles. The molecule has 9 nitrogen and oxygen atoms in total. The van der Waals surface area contributed by atoms with Crippen LogP contribution in [0.1, 0.15) is 56.3 Å². The Labute approximate surface area is 223 Å². The van der Waals surface area contributed by atoms with Crippen molar-refractivity contribution in [1.82, 2.24) is 9.66 Å². The van der Waals surface area contributed by atoms with E-state index in [1.807, 2.05) is 12.1 Å². The second-order valence-corrected chi connectivity index (χ2v) is 9.78. The van der Waals surface area contributed by atoms with Gasteiger partial charge in [0.15, 0.2) is 17.6 Å². The van der Waals surface area contributed by atoms with Crippen molar-refractivity contribution in [3.8, 4) is 17.2 Å². The highest BCUT2D eigenvalue weighted by Gasteiger charge is 2.24. The van der Waals surface area contributed by atoms with Crippen LogP contribution in [0.5, 0.6) is 17.2 Å². The number of hydrogen-bond donors (Lipinski definition) is 0. The highest BCUT2D eigenvalue weighted by molar-refractivity contribution is 9.10. The maximum Gasteiger partial charge on any atom is 0.346 e. The van der Waals surface area contributed by atoms with Crippen molar-refractivity contribution in [3.05, 3.63) is 56.5 Å². The molecule has 0 unspecified atom stereocenters. The van der Waals surface area contributed by atoms with Gasteiger partial charge in [-0.3, -0.25) is 4.79 Å². The highest BCUT2D eigenvalue weighted by Crippen LogP contribution is 2.39. The SMILES string of the molecule is COC(=O)[C@@H](C)Oc1c(OC)cc(C=Nn2c(C3CCCCC3)nc3ccc(Br)cc3c2=O)cc1OC. The first kappa shape index (κ1) is 26.7. The molecule has 1 heterocycles. The van der Waals surface area contributed by atoms with E-state index in [1.54, 1.807) is 31.3 Å². The lowest BCUT2D eigenvalue weighted by molar-refractivity contribution is -0.148. The summed E-state index contributed by atoms with van der Waals surface area (Å²) in [6, 6.07) is 8.90. The minimum absolute atomic E-state index is 0.159. The van der Waals surface area contributed by atoms with E-state index in [9.17, 15) is 9.59 Å². The number of hydrogen-bond acceptors (Lipinski definition) is 8. The molecule has 37 heavy (non-hydrogen) atoms. The lowest BCUT2D eigenvalue weighted by Crippen LogP contribution is -2.25. The second-order valence-electron chi connectivity index (χ2n) is 8.87. The molecule has 0 aliphatic heterocycles. The first-order valence-electron chi connectivity index (χ1n) is 12.1. The summed E-state index contributed by atoms with van der Waals surface area (Å²) >= 11 is 3.45. The zero-order valence-corrected chi connectivity index (χ0v) is 22.9. The van der Waals surface area contributed by atoms with Crippen molar-refractivity contribution < 1.29 is 23.7 Å². The number of methoxy groups -OCH3 is 3. The number of carbonyl (C=O) groups excluding carboxylic acids is 1. The maximum absolute atomic E-state index is 13.6. The fourth-order valence-corrected chi connectivity index (χ4v) is 4.87. The monoisotopic (exact) mass is 571 g/mol. The number of ether oxygens (including phenoxy) is 4. The van der Waals surface area contributed by atoms with Crippen LogP contribution in [0.3, 0.4) is 0 Å². The largest absolute Gasteiger partial charge is 0.493 e. The first-order chi connectivity index (χ1) is 17.9. The predicted octanol–water partition coefficient (Wildman–Crippen LogP) is 5.05. The van der Waals surface area contributed by atoms with E-state index in [0.29, 0.717) is 33.8 Å². The Morgan fingerprint density at radius 2 is 1.78 bits per heavy atom. The Hall–Kier alpha value is -3.40. The van der Waals surface area contributed by atoms with Crippen LogP contribution in [0.25, 0.3) is 10.9 Å². The van der Waals surface area contributed by atoms with Gasteiger partial charge in [-0.25, -0.2) is 9.78 Å². The number of aromatic nitrogens is 2. The van der Waals surface area contributed by atoms with Crippen molar-refractivity contribution in [3.63, 3.8) is 0 Å². The predicted molar refractivity (Wildman–Crippen MR) is 144 cm³/mol. The molecular weight excluding hydrogens is 542 g/mol. The summed E-state index contributed by atoms with van der Waals surface area (Å²) in [4.78, 5) is 30.3. The van der Waals surface area contributed by atoms with Gasteiger partial charge in [0, 0.05) is 16.0 Å². The van der Waals surface area contributed by atoms with Crippen molar-refractivity contribution >= 4 is 39.0 Å². The van der Waals surface area contributed by atoms with E-state index in [2.05, 4.69) is 21.0 Å². The number of benzene rings is 2. The molecule has 0 N–H and O–H groups in total. The normalized spacial score (nSPS) is 15.1. The molecule has 0 amide bonds. The van der Waals surface area contributed by atoms with Gasteiger partial charge in [0.25, 0.3) is 5.56 Å². The zero-order valence-electron chi connectivity index (χ0n) is 21.3. The van der Waals surface area contributed by atoms with Gasteiger partial charge in [-0.05, 0) is 50.1 Å². The molecule has 1 atom stereocenters. The Balaban J connectivity index is 1.78. The average Bonchev–Trinajstić information content (AvgIpc) is 2.92. The third kappa shape index (κ3) is 5.79. The molecule has 0 radical (unpaired) electrons. The smallest absolute Gasteiger partial charge is 0.346 e. The van der Waals surface area contributed by atoms with Crippen LogP contribution < -0.4 is 19.8 Å². The molecular formula is C27H30BrN3O6. The molecule has 1 aliphatic rings. The number of rotatable bonds is 8. The van der Waals surface area contributed by atoms with Crippen LogP contribution in [-0.4, -0.2) is 49.3 Å². The van der Waals surface area contributed by atoms with Crippen LogP contribution in [0, 0.1) is 0 Å². The Bertz CT molecular complexity index is 1360. The van der Waals surface area contributed by atoms with E-state index in [0.717, 1.165) is 30.2 Å². The lowest BCUT2D eigenvalue weighted by Gasteiger charge is -2.22. The van der Waals surface area contributed by atoms with Gasteiger partial charge in [0.05, 0.1) is 38.4 Å². The van der Waals surface area contributed by atoms with E-state index < -0.39 is 12.1 Å². The van der Waals surface area contributed by atoms with E-state index >= 15 is 0 Å². The van der Waals surface area contributed by atoms with Crippen molar-refractivity contribution in [2.75, 3.05) is 21.3 Å². The van der Waals surface area contributed by atoms with Gasteiger partial charge in [0.2, 0.25) is 5.75 Å². The summed E-state index contributed by atoms with van der Waals surface area (Å²) in [7, 11) is 4.27. The second kappa shape index (κ2) is 11.8. The van der Waals surface area contributed by atoms with Gasteiger partial charge >= 0.3 is 5.97 Å². The molecule has 1 aromatic heterocycles. The van der Waals surface area contributed by atoms with Gasteiger partial charge in [-0.1, -0.05) is 35.2 Å². The number of carbonyl (C=O) groups is 1. The van der Waals surface area contributed by atoms with Crippen LogP contribution in [0.15, 0.2) is 44.7 Å². The topological polar surface area (TPSA) is 101 Å². The zero-order chi connectivity index (χ0) is 26.5. The Morgan fingerprint density at radius 1 is 1.11 bits per heavy atom. The van der Waals surface area contributed by atoms with Gasteiger partial charge in [-0.15, -0.1) is 0 Å². The fourth-order valence-electron chi connectivity index (χ4n) is 4.51. The molecule has 4 rings (SSSR count). The van der Waals surface area contributed by atoms with Crippen LogP contribution >= 0.6 is 15.9 Å². The summed E-state index contributed by atoms with van der Waals surface area (Å²) < 4.78 is 23.7. The maximum atomic E-state index is 13.6. The van der Waals surface area contributed by atoms with Crippen molar-refractivity contribution in [2.24, 2.45) is 5.10 Å². The quantitative estimate of drug-likeness (QED) is 0.275. The third-order valence-corrected chi connectivity index (χ3v) is 6.93. The summed E-state index contributed by atoms with van der Waals surface area (Å²) in [5.74, 6) is 1.25. The number of halogens is 1. The van der Waals surface area contributed by atoms with Crippen LogP contribution in [0.2, 0.25) is 0 Å². The minimum atomic E-state index is -0.869. The van der Waals surface area contributed by atoms with E-state index in [-0.39, 0.29) is 17.2 Å². The van der Waals surface area contributed by atoms with Crippen molar-refractivity contribution in [1.29, 1.82) is 0 Å².